The number of nitrogens with zero attached hydrogens (tertiary/aromatic N) is 3. The molecule has 2 aliphatic rings. The number of rotatable bonds is 4. The Morgan fingerprint density at radius 2 is 1.90 bits per heavy atom. The maximum atomic E-state index is 13.3. The lowest BCUT2D eigenvalue weighted by Crippen LogP contribution is -2.37. The van der Waals surface area contributed by atoms with Gasteiger partial charge in [0.1, 0.15) is 10.2 Å². The predicted molar refractivity (Wildman–Crippen MR) is 118 cm³/mol. The summed E-state index contributed by atoms with van der Waals surface area (Å²) in [6, 6.07) is 10.6. The average Bonchev–Trinajstić information content (AvgIpc) is 3.13. The maximum absolute atomic E-state index is 13.3. The molecule has 2 aliphatic heterocycles. The first-order valence-corrected chi connectivity index (χ1v) is 11.7. The molecule has 1 aromatic carbocycles. The Hall–Kier alpha value is -2.16. The van der Waals surface area contributed by atoms with Crippen molar-refractivity contribution in [3.8, 4) is 0 Å². The second kappa shape index (κ2) is 7.93. The number of hydrogen-bond acceptors (Lipinski definition) is 6. The molecule has 4 heterocycles. The van der Waals surface area contributed by atoms with E-state index in [1.807, 2.05) is 6.07 Å². The number of carbonyl (C=O) groups excluding carboxylic acids is 1. The molecule has 1 N–H and O–H groups in total. The van der Waals surface area contributed by atoms with Gasteiger partial charge in [-0.25, -0.2) is 4.98 Å². The van der Waals surface area contributed by atoms with Crippen LogP contribution in [0.1, 0.15) is 30.9 Å². The molecule has 1 saturated heterocycles. The van der Waals surface area contributed by atoms with Crippen LogP contribution >= 0.6 is 23.1 Å². The van der Waals surface area contributed by atoms with Gasteiger partial charge in [0, 0.05) is 6.54 Å². The second-order valence-corrected chi connectivity index (χ2v) is 9.77. The Labute approximate surface area is 176 Å². The van der Waals surface area contributed by atoms with Crippen LogP contribution in [-0.4, -0.2) is 39.2 Å². The van der Waals surface area contributed by atoms with Gasteiger partial charge in [0.2, 0.25) is 5.91 Å². The summed E-state index contributed by atoms with van der Waals surface area (Å²) in [7, 11) is 0. The minimum Gasteiger partial charge on any atom is -0.322 e. The summed E-state index contributed by atoms with van der Waals surface area (Å²) in [4.78, 5) is 32.1. The number of amides is 1. The van der Waals surface area contributed by atoms with E-state index < -0.39 is 0 Å². The average molecular weight is 427 g/mol. The molecule has 29 heavy (non-hydrogen) atoms. The fraction of sp³-hybridized carbons (Fsp3) is 0.381. The zero-order chi connectivity index (χ0) is 19.8. The van der Waals surface area contributed by atoms with Crippen LogP contribution in [0.4, 0.5) is 5.69 Å². The third-order valence-corrected chi connectivity index (χ3v) is 8.05. The molecule has 1 amide bonds. The second-order valence-electron chi connectivity index (χ2n) is 7.50. The van der Waals surface area contributed by atoms with Crippen LogP contribution in [0, 0.1) is 0 Å². The van der Waals surface area contributed by atoms with Crippen molar-refractivity contribution in [2.75, 3.05) is 24.2 Å². The van der Waals surface area contributed by atoms with Crippen molar-refractivity contribution in [2.45, 2.75) is 36.1 Å². The van der Waals surface area contributed by atoms with Gasteiger partial charge in [-0.1, -0.05) is 36.8 Å². The number of nitrogens with one attached hydrogen (secondary N) is 1. The van der Waals surface area contributed by atoms with E-state index >= 15 is 0 Å². The molecule has 2 aromatic heterocycles. The van der Waals surface area contributed by atoms with Gasteiger partial charge >= 0.3 is 0 Å². The fourth-order valence-electron chi connectivity index (χ4n) is 4.15. The summed E-state index contributed by atoms with van der Waals surface area (Å²) >= 11 is 2.92. The van der Waals surface area contributed by atoms with Gasteiger partial charge in [0.05, 0.1) is 28.0 Å². The molecule has 1 atom stereocenters. The Balaban J connectivity index is 1.52. The van der Waals surface area contributed by atoms with Crippen LogP contribution in [0.25, 0.3) is 10.2 Å². The number of thiophene rings is 1. The fourth-order valence-corrected chi connectivity index (χ4v) is 6.33. The van der Waals surface area contributed by atoms with Crippen molar-refractivity contribution >= 4 is 44.9 Å². The first kappa shape index (κ1) is 18.8. The van der Waals surface area contributed by atoms with Crippen LogP contribution in [0.3, 0.4) is 0 Å². The van der Waals surface area contributed by atoms with Gasteiger partial charge < -0.3 is 5.32 Å². The monoisotopic (exact) mass is 426 g/mol. The van der Waals surface area contributed by atoms with E-state index in [1.165, 1.54) is 47.9 Å². The lowest BCUT2D eigenvalue weighted by molar-refractivity contribution is -0.113. The molecule has 5 rings (SSSR count). The number of benzene rings is 1. The van der Waals surface area contributed by atoms with Crippen molar-refractivity contribution in [2.24, 2.45) is 0 Å². The molecule has 150 valence electrons. The standard InChI is InChI=1S/C21H22N4O2S2/c26-16-12-28-21-18(23-16)17-19(29-21)20(27)25(13-22-17)11-15(14-7-3-1-4-8-14)24-9-5-2-6-10-24/h1,3-4,7-8,13,15H,2,5-6,9-12H2,(H,23,26). The molecular formula is C21H22N4O2S2. The number of carbonyl (C=O) groups is 1. The zero-order valence-electron chi connectivity index (χ0n) is 16.0. The third kappa shape index (κ3) is 3.60. The number of piperidine rings is 1. The summed E-state index contributed by atoms with van der Waals surface area (Å²) in [5, 5.41) is 2.88. The lowest BCUT2D eigenvalue weighted by atomic mass is 10.0. The van der Waals surface area contributed by atoms with Gasteiger partial charge in [0.15, 0.2) is 0 Å². The minimum atomic E-state index is -0.0394. The summed E-state index contributed by atoms with van der Waals surface area (Å²) < 4.78 is 3.33. The summed E-state index contributed by atoms with van der Waals surface area (Å²) in [5.74, 6) is 0.349. The Bertz CT molecular complexity index is 1100. The lowest BCUT2D eigenvalue weighted by Gasteiger charge is -2.35. The van der Waals surface area contributed by atoms with Gasteiger partial charge in [0.25, 0.3) is 5.56 Å². The van der Waals surface area contributed by atoms with E-state index in [1.54, 1.807) is 10.9 Å². The van der Waals surface area contributed by atoms with Crippen molar-refractivity contribution in [1.29, 1.82) is 0 Å². The summed E-state index contributed by atoms with van der Waals surface area (Å²) in [6.07, 6.45) is 5.31. The Kier molecular flexibility index (Phi) is 5.15. The van der Waals surface area contributed by atoms with Gasteiger partial charge in [-0.15, -0.1) is 23.1 Å². The highest BCUT2D eigenvalue weighted by Gasteiger charge is 2.26. The van der Waals surface area contributed by atoms with Gasteiger partial charge in [-0.3, -0.25) is 19.1 Å². The molecule has 0 spiro atoms. The van der Waals surface area contributed by atoms with Crippen LogP contribution in [0.5, 0.6) is 0 Å². The largest absolute Gasteiger partial charge is 0.322 e. The maximum Gasteiger partial charge on any atom is 0.271 e. The van der Waals surface area contributed by atoms with E-state index in [9.17, 15) is 9.59 Å². The van der Waals surface area contributed by atoms with Crippen molar-refractivity contribution in [3.05, 3.63) is 52.6 Å². The SMILES string of the molecule is O=C1CSc2sc3c(=O)n(CC(c4ccccc4)N4CCCCC4)cnc3c2N1. The number of hydrogen-bond donors (Lipinski definition) is 1. The molecule has 1 fully saturated rings. The summed E-state index contributed by atoms with van der Waals surface area (Å²) in [5.41, 5.74) is 2.52. The van der Waals surface area contributed by atoms with E-state index in [0.717, 1.165) is 17.3 Å². The smallest absolute Gasteiger partial charge is 0.271 e. The number of fused-ring (bicyclic) bond motifs is 3. The van der Waals surface area contributed by atoms with E-state index in [0.29, 0.717) is 28.2 Å². The van der Waals surface area contributed by atoms with Crippen LogP contribution in [-0.2, 0) is 11.3 Å². The van der Waals surface area contributed by atoms with Crippen molar-refractivity contribution in [3.63, 3.8) is 0 Å². The van der Waals surface area contributed by atoms with E-state index in [2.05, 4.69) is 39.5 Å². The number of anilines is 1. The van der Waals surface area contributed by atoms with Crippen molar-refractivity contribution in [1.82, 2.24) is 14.5 Å². The Morgan fingerprint density at radius 1 is 1.10 bits per heavy atom. The third-order valence-electron chi connectivity index (χ3n) is 5.62. The molecule has 0 bridgehead atoms. The molecule has 8 heteroatoms. The molecule has 0 radical (unpaired) electrons. The number of aromatic nitrogens is 2. The number of likely N-dealkylation sites (tertiary alicyclic amines) is 1. The molecule has 0 aliphatic carbocycles. The first-order valence-electron chi connectivity index (χ1n) is 9.94. The molecular weight excluding hydrogens is 404 g/mol. The quantitative estimate of drug-likeness (QED) is 0.689. The van der Waals surface area contributed by atoms with Gasteiger partial charge in [-0.2, -0.15) is 0 Å². The highest BCUT2D eigenvalue weighted by molar-refractivity contribution is 8.02. The molecule has 3 aromatic rings. The normalized spacial score (nSPS) is 18.4. The highest BCUT2D eigenvalue weighted by atomic mass is 32.2. The first-order chi connectivity index (χ1) is 14.2. The van der Waals surface area contributed by atoms with Crippen molar-refractivity contribution < 1.29 is 4.79 Å². The van der Waals surface area contributed by atoms with Gasteiger partial charge in [-0.05, 0) is 31.5 Å². The molecule has 0 saturated carbocycles. The molecule has 1 unspecified atom stereocenters. The van der Waals surface area contributed by atoms with Crippen LogP contribution in [0.2, 0.25) is 0 Å². The van der Waals surface area contributed by atoms with Crippen LogP contribution < -0.4 is 10.9 Å². The highest BCUT2D eigenvalue weighted by Crippen LogP contribution is 2.42. The van der Waals surface area contributed by atoms with E-state index in [4.69, 9.17) is 0 Å². The minimum absolute atomic E-state index is 0.0258. The topological polar surface area (TPSA) is 67.2 Å². The Morgan fingerprint density at radius 3 is 2.69 bits per heavy atom. The van der Waals surface area contributed by atoms with Crippen LogP contribution in [0.15, 0.2) is 45.7 Å². The number of thioether (sulfide) groups is 1. The predicted octanol–water partition coefficient (Wildman–Crippen LogP) is 3.73. The molecule has 6 nitrogen and oxygen atoms in total. The zero-order valence-corrected chi connectivity index (χ0v) is 17.6. The van der Waals surface area contributed by atoms with E-state index in [-0.39, 0.29) is 17.5 Å². The summed E-state index contributed by atoms with van der Waals surface area (Å²) in [6.45, 7) is 2.69.